The molecule has 0 bridgehead atoms. The van der Waals surface area contributed by atoms with Crippen molar-refractivity contribution in [2.24, 2.45) is 5.92 Å². The number of aromatic nitrogens is 2. The SMILES string of the molecule is CC1CCC(NC(=O)CCc2nc(C(C)C)no2)CC1. The van der Waals surface area contributed by atoms with Crippen molar-refractivity contribution in [2.45, 2.75) is 71.3 Å². The van der Waals surface area contributed by atoms with Crippen molar-refractivity contribution in [1.29, 1.82) is 0 Å². The molecule has 1 fully saturated rings. The summed E-state index contributed by atoms with van der Waals surface area (Å²) >= 11 is 0. The van der Waals surface area contributed by atoms with Crippen LogP contribution in [0.3, 0.4) is 0 Å². The molecule has 0 spiro atoms. The second kappa shape index (κ2) is 6.86. The average molecular weight is 279 g/mol. The van der Waals surface area contributed by atoms with Crippen LogP contribution in [0.5, 0.6) is 0 Å². The van der Waals surface area contributed by atoms with Gasteiger partial charge in [-0.3, -0.25) is 4.79 Å². The first-order valence-electron chi connectivity index (χ1n) is 7.66. The van der Waals surface area contributed by atoms with Gasteiger partial charge in [0.05, 0.1) is 0 Å². The molecular formula is C15H25N3O2. The van der Waals surface area contributed by atoms with Crippen LogP contribution < -0.4 is 5.32 Å². The predicted molar refractivity (Wildman–Crippen MR) is 76.3 cm³/mol. The number of nitrogens with one attached hydrogen (secondary N) is 1. The highest BCUT2D eigenvalue weighted by molar-refractivity contribution is 5.76. The molecule has 0 aliphatic heterocycles. The lowest BCUT2D eigenvalue weighted by atomic mass is 9.87. The molecule has 0 aromatic carbocycles. The molecule has 20 heavy (non-hydrogen) atoms. The van der Waals surface area contributed by atoms with Gasteiger partial charge in [-0.15, -0.1) is 0 Å². The third-order valence-electron chi connectivity index (χ3n) is 3.95. The van der Waals surface area contributed by atoms with Gasteiger partial charge in [-0.1, -0.05) is 25.9 Å². The van der Waals surface area contributed by atoms with Crippen LogP contribution in [0.2, 0.25) is 0 Å². The topological polar surface area (TPSA) is 68.0 Å². The quantitative estimate of drug-likeness (QED) is 0.900. The maximum atomic E-state index is 11.9. The minimum absolute atomic E-state index is 0.0915. The van der Waals surface area contributed by atoms with Crippen molar-refractivity contribution < 1.29 is 9.32 Å². The molecule has 0 radical (unpaired) electrons. The molecule has 1 heterocycles. The lowest BCUT2D eigenvalue weighted by molar-refractivity contribution is -0.122. The molecule has 0 atom stereocenters. The molecule has 1 aromatic heterocycles. The highest BCUT2D eigenvalue weighted by Crippen LogP contribution is 2.23. The zero-order valence-corrected chi connectivity index (χ0v) is 12.7. The van der Waals surface area contributed by atoms with Crippen LogP contribution in [0, 0.1) is 5.92 Å². The van der Waals surface area contributed by atoms with Crippen LogP contribution in [0.15, 0.2) is 4.52 Å². The summed E-state index contributed by atoms with van der Waals surface area (Å²) in [6, 6.07) is 0.354. The van der Waals surface area contributed by atoms with Crippen molar-refractivity contribution in [3.8, 4) is 0 Å². The lowest BCUT2D eigenvalue weighted by Gasteiger charge is -2.26. The van der Waals surface area contributed by atoms with Crippen molar-refractivity contribution in [3.05, 3.63) is 11.7 Å². The molecule has 0 saturated heterocycles. The van der Waals surface area contributed by atoms with Crippen LogP contribution in [0.1, 0.15) is 70.5 Å². The molecule has 1 aromatic rings. The molecule has 1 amide bonds. The Morgan fingerprint density at radius 3 is 2.65 bits per heavy atom. The number of carbonyl (C=O) groups is 1. The minimum Gasteiger partial charge on any atom is -0.353 e. The average Bonchev–Trinajstić information content (AvgIpc) is 2.88. The molecule has 5 nitrogen and oxygen atoms in total. The third-order valence-corrected chi connectivity index (χ3v) is 3.95. The third kappa shape index (κ3) is 4.32. The van der Waals surface area contributed by atoms with Crippen LogP contribution in [0.4, 0.5) is 0 Å². The second-order valence-electron chi connectivity index (χ2n) is 6.23. The maximum absolute atomic E-state index is 11.9. The van der Waals surface area contributed by atoms with Crippen molar-refractivity contribution in [3.63, 3.8) is 0 Å². The highest BCUT2D eigenvalue weighted by atomic mass is 16.5. The van der Waals surface area contributed by atoms with E-state index >= 15 is 0 Å². The van der Waals surface area contributed by atoms with Gasteiger partial charge in [0.15, 0.2) is 5.82 Å². The largest absolute Gasteiger partial charge is 0.353 e. The van der Waals surface area contributed by atoms with E-state index in [1.165, 1.54) is 12.8 Å². The Bertz CT molecular complexity index is 434. The number of amides is 1. The molecular weight excluding hydrogens is 254 g/mol. The Morgan fingerprint density at radius 2 is 2.05 bits per heavy atom. The van der Waals surface area contributed by atoms with Crippen LogP contribution >= 0.6 is 0 Å². The van der Waals surface area contributed by atoms with E-state index in [0.29, 0.717) is 30.6 Å². The first-order chi connectivity index (χ1) is 9.54. The van der Waals surface area contributed by atoms with Gasteiger partial charge in [-0.25, -0.2) is 0 Å². The van der Waals surface area contributed by atoms with E-state index in [1.54, 1.807) is 0 Å². The van der Waals surface area contributed by atoms with Gasteiger partial charge in [0, 0.05) is 24.8 Å². The molecule has 5 heteroatoms. The van der Waals surface area contributed by atoms with Gasteiger partial charge >= 0.3 is 0 Å². The molecule has 1 N–H and O–H groups in total. The first-order valence-corrected chi connectivity index (χ1v) is 7.66. The van der Waals surface area contributed by atoms with E-state index < -0.39 is 0 Å². The summed E-state index contributed by atoms with van der Waals surface area (Å²) in [6.45, 7) is 6.32. The van der Waals surface area contributed by atoms with Gasteiger partial charge in [-0.2, -0.15) is 4.98 Å². The fourth-order valence-electron chi connectivity index (χ4n) is 2.53. The summed E-state index contributed by atoms with van der Waals surface area (Å²) in [5.41, 5.74) is 0. The molecule has 0 unspecified atom stereocenters. The Morgan fingerprint density at radius 1 is 1.35 bits per heavy atom. The van der Waals surface area contributed by atoms with E-state index in [9.17, 15) is 4.79 Å². The molecule has 1 saturated carbocycles. The highest BCUT2D eigenvalue weighted by Gasteiger charge is 2.20. The van der Waals surface area contributed by atoms with E-state index in [0.717, 1.165) is 18.8 Å². The van der Waals surface area contributed by atoms with Gasteiger partial charge in [-0.05, 0) is 31.6 Å². The van der Waals surface area contributed by atoms with Crippen molar-refractivity contribution >= 4 is 5.91 Å². The number of rotatable bonds is 5. The summed E-state index contributed by atoms with van der Waals surface area (Å²) in [7, 11) is 0. The lowest BCUT2D eigenvalue weighted by Crippen LogP contribution is -2.37. The van der Waals surface area contributed by atoms with Crippen LogP contribution in [-0.2, 0) is 11.2 Å². The van der Waals surface area contributed by atoms with E-state index in [-0.39, 0.29) is 11.8 Å². The zero-order chi connectivity index (χ0) is 14.5. The molecule has 1 aliphatic rings. The van der Waals surface area contributed by atoms with Gasteiger partial charge in [0.1, 0.15) is 0 Å². The van der Waals surface area contributed by atoms with E-state index in [2.05, 4.69) is 22.4 Å². The number of hydrogen-bond donors (Lipinski definition) is 1. The van der Waals surface area contributed by atoms with E-state index in [1.807, 2.05) is 13.8 Å². The number of hydrogen-bond acceptors (Lipinski definition) is 4. The summed E-state index contributed by atoms with van der Waals surface area (Å²) in [6.07, 6.45) is 5.58. The molecule has 112 valence electrons. The van der Waals surface area contributed by atoms with Gasteiger partial charge < -0.3 is 9.84 Å². The zero-order valence-electron chi connectivity index (χ0n) is 12.7. The number of carbonyl (C=O) groups excluding carboxylic acids is 1. The van der Waals surface area contributed by atoms with Crippen LogP contribution in [-0.4, -0.2) is 22.1 Å². The minimum atomic E-state index is 0.0915. The molecule has 2 rings (SSSR count). The summed E-state index contributed by atoms with van der Waals surface area (Å²) in [5.74, 6) is 2.41. The normalized spacial score (nSPS) is 23.0. The maximum Gasteiger partial charge on any atom is 0.227 e. The fourth-order valence-corrected chi connectivity index (χ4v) is 2.53. The smallest absolute Gasteiger partial charge is 0.227 e. The first kappa shape index (κ1) is 15.0. The second-order valence-corrected chi connectivity index (χ2v) is 6.23. The molecule has 1 aliphatic carbocycles. The Balaban J connectivity index is 1.71. The van der Waals surface area contributed by atoms with E-state index in [4.69, 9.17) is 4.52 Å². The Hall–Kier alpha value is -1.39. The van der Waals surface area contributed by atoms with Gasteiger partial charge in [0.2, 0.25) is 11.8 Å². The fraction of sp³-hybridized carbons (Fsp3) is 0.800. The summed E-state index contributed by atoms with van der Waals surface area (Å²) < 4.78 is 5.14. The predicted octanol–water partition coefficient (Wildman–Crippen LogP) is 2.82. The van der Waals surface area contributed by atoms with Crippen molar-refractivity contribution in [1.82, 2.24) is 15.5 Å². The summed E-state index contributed by atoms with van der Waals surface area (Å²) in [4.78, 5) is 16.2. The Labute approximate surface area is 120 Å². The monoisotopic (exact) mass is 279 g/mol. The number of nitrogens with zero attached hydrogens (tertiary/aromatic N) is 2. The standard InChI is InChI=1S/C15H25N3O2/c1-10(2)15-17-14(20-18-15)9-8-13(19)16-12-6-4-11(3)5-7-12/h10-12H,4-9H2,1-3H3,(H,16,19). The Kier molecular flexibility index (Phi) is 5.15. The van der Waals surface area contributed by atoms with Gasteiger partial charge in [0.25, 0.3) is 0 Å². The summed E-state index contributed by atoms with van der Waals surface area (Å²) in [5, 5.41) is 7.01. The number of aryl methyl sites for hydroxylation is 1. The van der Waals surface area contributed by atoms with Crippen molar-refractivity contribution in [2.75, 3.05) is 0 Å². The van der Waals surface area contributed by atoms with Crippen LogP contribution in [0.25, 0.3) is 0 Å².